The highest BCUT2D eigenvalue weighted by Crippen LogP contribution is 2.39. The van der Waals surface area contributed by atoms with E-state index in [1.807, 2.05) is 12.1 Å². The van der Waals surface area contributed by atoms with Crippen molar-refractivity contribution in [3.8, 4) is 0 Å². The molecule has 0 unspecified atom stereocenters. The van der Waals surface area contributed by atoms with Crippen LogP contribution in [0.3, 0.4) is 0 Å². The lowest BCUT2D eigenvalue weighted by Gasteiger charge is -2.18. The Hall–Kier alpha value is -2.39. The summed E-state index contributed by atoms with van der Waals surface area (Å²) in [4.78, 5) is 41.1. The van der Waals surface area contributed by atoms with Crippen molar-refractivity contribution < 1.29 is 19.5 Å². The fraction of sp³-hybridized carbons (Fsp3) is 0.400. The van der Waals surface area contributed by atoms with E-state index in [4.69, 9.17) is 5.11 Å². The number of thiophene rings is 1. The first-order chi connectivity index (χ1) is 13.9. The van der Waals surface area contributed by atoms with Crippen LogP contribution in [0.4, 0.5) is 5.00 Å². The summed E-state index contributed by atoms with van der Waals surface area (Å²) < 4.78 is 0. The molecular formula is C20H23N3O4S2. The van der Waals surface area contributed by atoms with Crippen LogP contribution in [0.15, 0.2) is 24.5 Å². The molecular weight excluding hydrogens is 410 g/mol. The van der Waals surface area contributed by atoms with Gasteiger partial charge in [0.1, 0.15) is 5.00 Å². The average molecular weight is 434 g/mol. The highest BCUT2D eigenvalue weighted by molar-refractivity contribution is 8.00. The monoisotopic (exact) mass is 433 g/mol. The van der Waals surface area contributed by atoms with Crippen molar-refractivity contribution in [3.63, 3.8) is 0 Å². The van der Waals surface area contributed by atoms with Gasteiger partial charge in [-0.1, -0.05) is 13.0 Å². The minimum atomic E-state index is -0.959. The first-order valence-electron chi connectivity index (χ1n) is 9.35. The molecule has 1 aliphatic carbocycles. The Morgan fingerprint density at radius 3 is 2.90 bits per heavy atom. The predicted octanol–water partition coefficient (Wildman–Crippen LogP) is 2.95. The van der Waals surface area contributed by atoms with E-state index < -0.39 is 5.97 Å². The fourth-order valence-corrected chi connectivity index (χ4v) is 5.20. The van der Waals surface area contributed by atoms with Crippen LogP contribution in [-0.4, -0.2) is 39.4 Å². The van der Waals surface area contributed by atoms with Crippen LogP contribution in [0.2, 0.25) is 0 Å². The van der Waals surface area contributed by atoms with Gasteiger partial charge < -0.3 is 15.7 Å². The Morgan fingerprint density at radius 2 is 2.17 bits per heavy atom. The van der Waals surface area contributed by atoms with E-state index in [1.165, 1.54) is 11.3 Å². The zero-order valence-corrected chi connectivity index (χ0v) is 17.7. The van der Waals surface area contributed by atoms with Crippen molar-refractivity contribution in [2.75, 3.05) is 16.8 Å². The van der Waals surface area contributed by atoms with Crippen LogP contribution in [0, 0.1) is 5.92 Å². The molecule has 29 heavy (non-hydrogen) atoms. The number of hydrogen-bond acceptors (Lipinski definition) is 6. The second kappa shape index (κ2) is 9.89. The highest BCUT2D eigenvalue weighted by atomic mass is 32.2. The molecule has 2 heterocycles. The van der Waals surface area contributed by atoms with E-state index in [0.717, 1.165) is 47.0 Å². The van der Waals surface area contributed by atoms with Gasteiger partial charge in [-0.25, -0.2) is 0 Å². The third kappa shape index (κ3) is 5.80. The standard InChI is InChI=1S/C20H23N3O4S2/c1-12-4-5-14-15(7-12)29-20(23-16(24)10-28-11-17(25)26)18(14)19(27)22-9-13-3-2-6-21-8-13/h2-3,6,8,12H,4-5,7,9-11H2,1H3,(H,22,27)(H,23,24)(H,25,26)/t12-/m1/s1. The Morgan fingerprint density at radius 1 is 1.34 bits per heavy atom. The van der Waals surface area contributed by atoms with Gasteiger partial charge in [-0.05, 0) is 42.4 Å². The number of nitrogens with one attached hydrogen (secondary N) is 2. The number of rotatable bonds is 8. The first-order valence-corrected chi connectivity index (χ1v) is 11.3. The quantitative estimate of drug-likeness (QED) is 0.591. The number of carboxylic acids is 1. The second-order valence-corrected chi connectivity index (χ2v) is 9.13. The summed E-state index contributed by atoms with van der Waals surface area (Å²) in [6.07, 6.45) is 6.10. The summed E-state index contributed by atoms with van der Waals surface area (Å²) in [6.45, 7) is 2.54. The number of fused-ring (bicyclic) bond motifs is 1. The molecule has 0 saturated heterocycles. The maximum atomic E-state index is 13.0. The molecule has 0 fully saturated rings. The Kier molecular flexibility index (Phi) is 7.27. The number of pyridine rings is 1. The lowest BCUT2D eigenvalue weighted by Crippen LogP contribution is -2.26. The van der Waals surface area contributed by atoms with Gasteiger partial charge in [0.25, 0.3) is 5.91 Å². The SMILES string of the molecule is C[C@@H]1CCc2c(sc(NC(=O)CSCC(=O)O)c2C(=O)NCc2cccnc2)C1. The zero-order valence-electron chi connectivity index (χ0n) is 16.1. The van der Waals surface area contributed by atoms with Gasteiger partial charge >= 0.3 is 5.97 Å². The zero-order chi connectivity index (χ0) is 20.8. The van der Waals surface area contributed by atoms with Crippen molar-refractivity contribution in [3.05, 3.63) is 46.1 Å². The molecule has 1 aliphatic rings. The van der Waals surface area contributed by atoms with Crippen LogP contribution < -0.4 is 10.6 Å². The van der Waals surface area contributed by atoms with Gasteiger partial charge in [-0.3, -0.25) is 19.4 Å². The minimum absolute atomic E-state index is 0.0298. The maximum absolute atomic E-state index is 13.0. The van der Waals surface area contributed by atoms with Crippen LogP contribution in [0.25, 0.3) is 0 Å². The van der Waals surface area contributed by atoms with Crippen molar-refractivity contribution in [2.24, 2.45) is 5.92 Å². The number of hydrogen-bond donors (Lipinski definition) is 3. The number of anilines is 1. The molecule has 2 aromatic heterocycles. The van der Waals surface area contributed by atoms with Gasteiger partial charge in [0, 0.05) is 23.8 Å². The van der Waals surface area contributed by atoms with E-state index >= 15 is 0 Å². The van der Waals surface area contributed by atoms with Gasteiger partial charge in [0.2, 0.25) is 5.91 Å². The second-order valence-electron chi connectivity index (χ2n) is 7.03. The van der Waals surface area contributed by atoms with Gasteiger partial charge in [-0.2, -0.15) is 0 Å². The molecule has 0 bridgehead atoms. The summed E-state index contributed by atoms with van der Waals surface area (Å²) in [5.74, 6) is -1.04. The van der Waals surface area contributed by atoms with E-state index in [0.29, 0.717) is 23.0 Å². The number of aliphatic carboxylic acids is 1. The minimum Gasteiger partial charge on any atom is -0.481 e. The molecule has 0 saturated carbocycles. The number of aromatic nitrogens is 1. The fourth-order valence-electron chi connectivity index (χ4n) is 3.25. The third-order valence-corrected chi connectivity index (χ3v) is 6.71. The number of carboxylic acid groups (broad SMARTS) is 1. The van der Waals surface area contributed by atoms with Crippen molar-refractivity contribution in [1.82, 2.24) is 10.3 Å². The largest absolute Gasteiger partial charge is 0.481 e. The molecule has 0 spiro atoms. The number of carbonyl (C=O) groups excluding carboxylic acids is 2. The van der Waals surface area contributed by atoms with E-state index in [2.05, 4.69) is 22.5 Å². The topological polar surface area (TPSA) is 108 Å². The summed E-state index contributed by atoms with van der Waals surface area (Å²) in [7, 11) is 0. The predicted molar refractivity (Wildman–Crippen MR) is 115 cm³/mol. The molecule has 1 atom stereocenters. The molecule has 0 radical (unpaired) electrons. The van der Waals surface area contributed by atoms with Gasteiger partial charge in [0.05, 0.1) is 17.1 Å². The molecule has 9 heteroatoms. The third-order valence-electron chi connectivity index (χ3n) is 4.63. The summed E-state index contributed by atoms with van der Waals surface area (Å²) >= 11 is 2.48. The van der Waals surface area contributed by atoms with Crippen LogP contribution in [-0.2, 0) is 29.0 Å². The normalized spacial score (nSPS) is 15.4. The number of amides is 2. The Balaban J connectivity index is 1.75. The van der Waals surface area contributed by atoms with E-state index in [9.17, 15) is 14.4 Å². The average Bonchev–Trinajstić information content (AvgIpc) is 3.03. The van der Waals surface area contributed by atoms with Crippen molar-refractivity contribution >= 4 is 45.9 Å². The molecule has 0 aromatic carbocycles. The maximum Gasteiger partial charge on any atom is 0.313 e. The molecule has 0 aliphatic heterocycles. The number of nitrogens with zero attached hydrogens (tertiary/aromatic N) is 1. The van der Waals surface area contributed by atoms with Gasteiger partial charge in [-0.15, -0.1) is 23.1 Å². The molecule has 7 nitrogen and oxygen atoms in total. The summed E-state index contributed by atoms with van der Waals surface area (Å²) in [5, 5.41) is 15.0. The lowest BCUT2D eigenvalue weighted by atomic mass is 9.88. The first kappa shape index (κ1) is 21.3. The van der Waals surface area contributed by atoms with Crippen molar-refractivity contribution in [1.29, 1.82) is 0 Å². The van der Waals surface area contributed by atoms with Crippen molar-refractivity contribution in [2.45, 2.75) is 32.7 Å². The summed E-state index contributed by atoms with van der Waals surface area (Å²) in [5.41, 5.74) is 2.46. The number of carbonyl (C=O) groups is 3. The molecule has 2 amide bonds. The highest BCUT2D eigenvalue weighted by Gasteiger charge is 2.28. The van der Waals surface area contributed by atoms with E-state index in [1.54, 1.807) is 12.4 Å². The lowest BCUT2D eigenvalue weighted by molar-refractivity contribution is -0.133. The molecule has 3 N–H and O–H groups in total. The van der Waals surface area contributed by atoms with Crippen LogP contribution >= 0.6 is 23.1 Å². The van der Waals surface area contributed by atoms with Crippen LogP contribution in [0.1, 0.15) is 39.7 Å². The van der Waals surface area contributed by atoms with E-state index in [-0.39, 0.29) is 23.3 Å². The smallest absolute Gasteiger partial charge is 0.313 e. The Bertz CT molecular complexity index is 899. The summed E-state index contributed by atoms with van der Waals surface area (Å²) in [6, 6.07) is 3.70. The molecule has 3 rings (SSSR count). The Labute approximate surface area is 177 Å². The molecule has 154 valence electrons. The van der Waals surface area contributed by atoms with Gasteiger partial charge in [0.15, 0.2) is 0 Å². The molecule has 2 aromatic rings. The number of thioether (sulfide) groups is 1. The van der Waals surface area contributed by atoms with Crippen LogP contribution in [0.5, 0.6) is 0 Å².